The number of carbonyl (C=O) groups is 1. The Labute approximate surface area is 103 Å². The normalized spacial score (nSPS) is 25.1. The number of aliphatic hydroxyl groups is 1. The SMILES string of the molecule is CCOC(=O)/C=C/CNCC1CCCC(O)C1. The van der Waals surface area contributed by atoms with Gasteiger partial charge in [0.2, 0.25) is 0 Å². The molecule has 0 aromatic rings. The molecule has 0 bridgehead atoms. The summed E-state index contributed by atoms with van der Waals surface area (Å²) >= 11 is 0. The molecule has 4 heteroatoms. The van der Waals surface area contributed by atoms with E-state index in [0.29, 0.717) is 19.1 Å². The van der Waals surface area contributed by atoms with E-state index in [9.17, 15) is 9.90 Å². The fourth-order valence-corrected chi connectivity index (χ4v) is 2.16. The summed E-state index contributed by atoms with van der Waals surface area (Å²) in [6.45, 7) is 3.78. The Morgan fingerprint density at radius 2 is 2.35 bits per heavy atom. The quantitative estimate of drug-likeness (QED) is 0.417. The van der Waals surface area contributed by atoms with E-state index in [4.69, 9.17) is 4.74 Å². The molecular formula is C13H23NO3. The van der Waals surface area contributed by atoms with Crippen LogP contribution in [0.5, 0.6) is 0 Å². The monoisotopic (exact) mass is 241 g/mol. The highest BCUT2D eigenvalue weighted by atomic mass is 16.5. The van der Waals surface area contributed by atoms with Gasteiger partial charge >= 0.3 is 5.97 Å². The number of nitrogens with one attached hydrogen (secondary N) is 1. The van der Waals surface area contributed by atoms with Gasteiger partial charge in [0, 0.05) is 12.6 Å². The van der Waals surface area contributed by atoms with Crippen LogP contribution in [-0.2, 0) is 9.53 Å². The first-order chi connectivity index (χ1) is 8.22. The highest BCUT2D eigenvalue weighted by Gasteiger charge is 2.19. The summed E-state index contributed by atoms with van der Waals surface area (Å²) in [6.07, 6.45) is 7.25. The van der Waals surface area contributed by atoms with Crippen LogP contribution in [0.25, 0.3) is 0 Å². The zero-order valence-electron chi connectivity index (χ0n) is 10.5. The second-order valence-electron chi connectivity index (χ2n) is 4.50. The van der Waals surface area contributed by atoms with E-state index < -0.39 is 0 Å². The predicted octanol–water partition coefficient (Wildman–Crippen LogP) is 1.25. The number of rotatable bonds is 6. The third-order valence-electron chi connectivity index (χ3n) is 2.99. The smallest absolute Gasteiger partial charge is 0.330 e. The van der Waals surface area contributed by atoms with Gasteiger partial charge in [-0.05, 0) is 38.6 Å². The maximum absolute atomic E-state index is 11.0. The molecule has 98 valence electrons. The molecule has 0 spiro atoms. The van der Waals surface area contributed by atoms with Crippen LogP contribution in [0.4, 0.5) is 0 Å². The molecule has 0 saturated heterocycles. The maximum atomic E-state index is 11.0. The summed E-state index contributed by atoms with van der Waals surface area (Å²) in [4.78, 5) is 11.0. The van der Waals surface area contributed by atoms with Crippen LogP contribution in [-0.4, -0.2) is 36.9 Å². The number of hydrogen-bond acceptors (Lipinski definition) is 4. The van der Waals surface area contributed by atoms with E-state index >= 15 is 0 Å². The highest BCUT2D eigenvalue weighted by molar-refractivity contribution is 5.81. The van der Waals surface area contributed by atoms with Crippen LogP contribution in [0.1, 0.15) is 32.6 Å². The van der Waals surface area contributed by atoms with Crippen molar-refractivity contribution in [3.8, 4) is 0 Å². The molecule has 1 saturated carbocycles. The zero-order valence-corrected chi connectivity index (χ0v) is 10.5. The number of aliphatic hydroxyl groups excluding tert-OH is 1. The molecule has 1 aliphatic carbocycles. The zero-order chi connectivity index (χ0) is 12.5. The van der Waals surface area contributed by atoms with Crippen LogP contribution in [0.2, 0.25) is 0 Å². The molecule has 0 aliphatic heterocycles. The van der Waals surface area contributed by atoms with Gasteiger partial charge in [-0.25, -0.2) is 4.79 Å². The van der Waals surface area contributed by atoms with Crippen LogP contribution < -0.4 is 5.32 Å². The molecule has 0 radical (unpaired) electrons. The largest absolute Gasteiger partial charge is 0.463 e. The first kappa shape index (κ1) is 14.2. The van der Waals surface area contributed by atoms with Gasteiger partial charge in [0.15, 0.2) is 0 Å². The molecule has 2 atom stereocenters. The van der Waals surface area contributed by atoms with Crippen molar-refractivity contribution in [2.45, 2.75) is 38.7 Å². The molecule has 2 N–H and O–H groups in total. The summed E-state index contributed by atoms with van der Waals surface area (Å²) in [6, 6.07) is 0. The van der Waals surface area contributed by atoms with Crippen molar-refractivity contribution < 1.29 is 14.6 Å². The molecule has 1 rings (SSSR count). The molecule has 0 aromatic heterocycles. The van der Waals surface area contributed by atoms with Gasteiger partial charge in [-0.1, -0.05) is 12.5 Å². The van der Waals surface area contributed by atoms with Crippen molar-refractivity contribution in [2.75, 3.05) is 19.7 Å². The summed E-state index contributed by atoms with van der Waals surface area (Å²) in [5, 5.41) is 12.8. The van der Waals surface area contributed by atoms with Gasteiger partial charge in [-0.15, -0.1) is 0 Å². The Hall–Kier alpha value is -0.870. The maximum Gasteiger partial charge on any atom is 0.330 e. The fraction of sp³-hybridized carbons (Fsp3) is 0.769. The van der Waals surface area contributed by atoms with Gasteiger partial charge in [-0.3, -0.25) is 0 Å². The van der Waals surface area contributed by atoms with Gasteiger partial charge < -0.3 is 15.2 Å². The third kappa shape index (κ3) is 6.44. The van der Waals surface area contributed by atoms with Crippen molar-refractivity contribution in [3.63, 3.8) is 0 Å². The first-order valence-corrected chi connectivity index (χ1v) is 6.44. The summed E-state index contributed by atoms with van der Waals surface area (Å²) in [7, 11) is 0. The van der Waals surface area contributed by atoms with Crippen LogP contribution >= 0.6 is 0 Å². The lowest BCUT2D eigenvalue weighted by atomic mass is 9.87. The Bertz CT molecular complexity index is 253. The average Bonchev–Trinajstić information content (AvgIpc) is 2.29. The molecule has 0 heterocycles. The first-order valence-electron chi connectivity index (χ1n) is 6.44. The predicted molar refractivity (Wildman–Crippen MR) is 66.6 cm³/mol. The lowest BCUT2D eigenvalue weighted by molar-refractivity contribution is -0.137. The third-order valence-corrected chi connectivity index (χ3v) is 2.99. The van der Waals surface area contributed by atoms with E-state index in [0.717, 1.165) is 25.8 Å². The molecule has 1 fully saturated rings. The molecule has 4 nitrogen and oxygen atoms in total. The minimum Gasteiger partial charge on any atom is -0.463 e. The average molecular weight is 241 g/mol. The van der Waals surface area contributed by atoms with E-state index in [1.165, 1.54) is 12.5 Å². The fourth-order valence-electron chi connectivity index (χ4n) is 2.16. The Morgan fingerprint density at radius 3 is 3.06 bits per heavy atom. The minimum absolute atomic E-state index is 0.120. The molecule has 0 aromatic carbocycles. The minimum atomic E-state index is -0.289. The van der Waals surface area contributed by atoms with Crippen molar-refractivity contribution in [1.29, 1.82) is 0 Å². The number of esters is 1. The van der Waals surface area contributed by atoms with Gasteiger partial charge in [0.25, 0.3) is 0 Å². The molecular weight excluding hydrogens is 218 g/mol. The second-order valence-corrected chi connectivity index (χ2v) is 4.50. The topological polar surface area (TPSA) is 58.6 Å². The Balaban J connectivity index is 2.05. The van der Waals surface area contributed by atoms with E-state index in [1.54, 1.807) is 13.0 Å². The van der Waals surface area contributed by atoms with Crippen LogP contribution in [0.3, 0.4) is 0 Å². The standard InChI is InChI=1S/C13H23NO3/c1-2-17-13(16)7-4-8-14-10-11-5-3-6-12(15)9-11/h4,7,11-12,14-15H,2-3,5-6,8-10H2,1H3/b7-4+. The van der Waals surface area contributed by atoms with Crippen molar-refractivity contribution in [3.05, 3.63) is 12.2 Å². The highest BCUT2D eigenvalue weighted by Crippen LogP contribution is 2.23. The lowest BCUT2D eigenvalue weighted by Gasteiger charge is -2.25. The lowest BCUT2D eigenvalue weighted by Crippen LogP contribution is -2.29. The second kappa shape index (κ2) is 8.25. The molecule has 1 aliphatic rings. The Morgan fingerprint density at radius 1 is 1.53 bits per heavy atom. The van der Waals surface area contributed by atoms with E-state index in [2.05, 4.69) is 5.32 Å². The van der Waals surface area contributed by atoms with Gasteiger partial charge in [0.1, 0.15) is 0 Å². The Kier molecular flexibility index (Phi) is 6.89. The van der Waals surface area contributed by atoms with E-state index in [1.807, 2.05) is 0 Å². The van der Waals surface area contributed by atoms with Crippen molar-refractivity contribution in [1.82, 2.24) is 5.32 Å². The molecule has 0 amide bonds. The number of ether oxygens (including phenoxy) is 1. The molecule has 17 heavy (non-hydrogen) atoms. The number of hydrogen-bond donors (Lipinski definition) is 2. The summed E-state index contributed by atoms with van der Waals surface area (Å²) in [5.74, 6) is 0.275. The molecule has 2 unspecified atom stereocenters. The van der Waals surface area contributed by atoms with Crippen LogP contribution in [0, 0.1) is 5.92 Å². The summed E-state index contributed by atoms with van der Waals surface area (Å²) in [5.41, 5.74) is 0. The summed E-state index contributed by atoms with van der Waals surface area (Å²) < 4.78 is 4.77. The van der Waals surface area contributed by atoms with Crippen LogP contribution in [0.15, 0.2) is 12.2 Å². The van der Waals surface area contributed by atoms with Crippen molar-refractivity contribution >= 4 is 5.97 Å². The van der Waals surface area contributed by atoms with Gasteiger partial charge in [0.05, 0.1) is 12.7 Å². The number of carbonyl (C=O) groups excluding carboxylic acids is 1. The van der Waals surface area contributed by atoms with E-state index in [-0.39, 0.29) is 12.1 Å². The van der Waals surface area contributed by atoms with Crippen molar-refractivity contribution in [2.24, 2.45) is 5.92 Å². The van der Waals surface area contributed by atoms with Gasteiger partial charge in [-0.2, -0.15) is 0 Å².